The minimum absolute atomic E-state index is 0.0738. The first kappa shape index (κ1) is 21.8. The van der Waals surface area contributed by atoms with Crippen LogP contribution in [-0.4, -0.2) is 65.2 Å². The van der Waals surface area contributed by atoms with Crippen molar-refractivity contribution < 1.29 is 29.4 Å². The molecule has 0 radical (unpaired) electrons. The average molecular weight is 346 g/mol. The Kier molecular flexibility index (Phi) is 9.58. The molecule has 0 spiro atoms. The predicted molar refractivity (Wildman–Crippen MR) is 84.7 cm³/mol. The summed E-state index contributed by atoms with van der Waals surface area (Å²) in [5.41, 5.74) is 5.21. The number of carboxylic acids is 1. The van der Waals surface area contributed by atoms with E-state index in [1.807, 2.05) is 13.8 Å². The van der Waals surface area contributed by atoms with Gasteiger partial charge in [0, 0.05) is 0 Å². The van der Waals surface area contributed by atoms with Gasteiger partial charge in [0.1, 0.15) is 18.6 Å². The van der Waals surface area contributed by atoms with E-state index in [9.17, 15) is 24.3 Å². The summed E-state index contributed by atoms with van der Waals surface area (Å²) in [6.45, 7) is 4.04. The van der Waals surface area contributed by atoms with Crippen LogP contribution in [-0.2, 0) is 19.2 Å². The number of carbonyl (C=O) groups is 4. The lowest BCUT2D eigenvalue weighted by molar-refractivity contribution is -0.139. The van der Waals surface area contributed by atoms with E-state index in [-0.39, 0.29) is 12.5 Å². The summed E-state index contributed by atoms with van der Waals surface area (Å²) < 4.78 is 0. The van der Waals surface area contributed by atoms with Gasteiger partial charge in [-0.2, -0.15) is 0 Å². The second-order valence-electron chi connectivity index (χ2n) is 5.79. The number of nitrogens with two attached hydrogens (primary N) is 1. The maximum absolute atomic E-state index is 12.3. The molecule has 0 rings (SSSR count). The standard InChI is InChI=1S/C14H26N4O6/c1-7(2)4-9(17-10(20)5-15)13(23)18-12(8(3)19)14(24)16-6-11(21)22/h7-9,12,19H,4-6,15H2,1-3H3,(H,16,24)(H,17,20)(H,18,23)(H,21,22). The van der Waals surface area contributed by atoms with Gasteiger partial charge in [-0.05, 0) is 19.3 Å². The van der Waals surface area contributed by atoms with Crippen molar-refractivity contribution in [1.29, 1.82) is 0 Å². The molecule has 0 aromatic carbocycles. The number of hydrogen-bond donors (Lipinski definition) is 6. The first-order chi connectivity index (χ1) is 11.1. The van der Waals surface area contributed by atoms with Gasteiger partial charge in [-0.15, -0.1) is 0 Å². The maximum atomic E-state index is 12.3. The minimum Gasteiger partial charge on any atom is -0.480 e. The van der Waals surface area contributed by atoms with E-state index in [1.54, 1.807) is 0 Å². The highest BCUT2D eigenvalue weighted by atomic mass is 16.4. The zero-order valence-electron chi connectivity index (χ0n) is 14.0. The van der Waals surface area contributed by atoms with Crippen molar-refractivity contribution in [3.05, 3.63) is 0 Å². The third-order valence-corrected chi connectivity index (χ3v) is 3.02. The Morgan fingerprint density at radius 2 is 1.62 bits per heavy atom. The number of aliphatic carboxylic acids is 1. The topological polar surface area (TPSA) is 171 Å². The van der Waals surface area contributed by atoms with E-state index in [0.29, 0.717) is 6.42 Å². The Labute approximate surface area is 140 Å². The number of carbonyl (C=O) groups excluding carboxylic acids is 3. The lowest BCUT2D eigenvalue weighted by Gasteiger charge is -2.25. The molecule has 0 saturated heterocycles. The zero-order chi connectivity index (χ0) is 18.9. The molecule has 3 unspecified atom stereocenters. The van der Waals surface area contributed by atoms with Crippen molar-refractivity contribution in [3.63, 3.8) is 0 Å². The highest BCUT2D eigenvalue weighted by Gasteiger charge is 2.30. The molecular formula is C14H26N4O6. The van der Waals surface area contributed by atoms with Gasteiger partial charge >= 0.3 is 5.97 Å². The number of nitrogens with one attached hydrogen (secondary N) is 3. The molecule has 0 saturated carbocycles. The predicted octanol–water partition coefficient (Wildman–Crippen LogP) is -2.46. The van der Waals surface area contributed by atoms with Crippen LogP contribution in [0.3, 0.4) is 0 Å². The van der Waals surface area contributed by atoms with Crippen LogP contribution in [0.2, 0.25) is 0 Å². The largest absolute Gasteiger partial charge is 0.480 e. The van der Waals surface area contributed by atoms with Crippen LogP contribution in [0.4, 0.5) is 0 Å². The second kappa shape index (κ2) is 10.6. The summed E-state index contributed by atoms with van der Waals surface area (Å²) in [4.78, 5) is 46.1. The molecule has 138 valence electrons. The van der Waals surface area contributed by atoms with Crippen LogP contribution >= 0.6 is 0 Å². The highest BCUT2D eigenvalue weighted by Crippen LogP contribution is 2.06. The first-order valence-electron chi connectivity index (χ1n) is 7.55. The Bertz CT molecular complexity index is 466. The summed E-state index contributed by atoms with van der Waals surface area (Å²) in [5.74, 6) is -3.22. The number of hydrogen-bond acceptors (Lipinski definition) is 6. The fourth-order valence-electron chi connectivity index (χ4n) is 1.89. The van der Waals surface area contributed by atoms with E-state index >= 15 is 0 Å². The molecule has 0 bridgehead atoms. The smallest absolute Gasteiger partial charge is 0.322 e. The summed E-state index contributed by atoms with van der Waals surface area (Å²) in [6, 6.07) is -2.27. The average Bonchev–Trinajstić information content (AvgIpc) is 2.48. The molecule has 3 atom stereocenters. The molecule has 7 N–H and O–H groups in total. The van der Waals surface area contributed by atoms with Crippen LogP contribution in [0.1, 0.15) is 27.2 Å². The fraction of sp³-hybridized carbons (Fsp3) is 0.714. The Morgan fingerprint density at radius 3 is 2.04 bits per heavy atom. The molecule has 10 heteroatoms. The molecule has 0 aliphatic rings. The summed E-state index contributed by atoms with van der Waals surface area (Å²) in [5, 5.41) is 25.1. The number of amides is 3. The second-order valence-corrected chi connectivity index (χ2v) is 5.79. The van der Waals surface area contributed by atoms with Crippen LogP contribution in [0.5, 0.6) is 0 Å². The fourth-order valence-corrected chi connectivity index (χ4v) is 1.89. The van der Waals surface area contributed by atoms with Crippen molar-refractivity contribution in [2.45, 2.75) is 45.4 Å². The normalized spacial score (nSPS) is 14.4. The van der Waals surface area contributed by atoms with Crippen molar-refractivity contribution in [2.24, 2.45) is 11.7 Å². The Hall–Kier alpha value is -2.20. The van der Waals surface area contributed by atoms with Crippen molar-refractivity contribution in [3.8, 4) is 0 Å². The number of carboxylic acid groups (broad SMARTS) is 1. The third kappa shape index (κ3) is 8.44. The van der Waals surface area contributed by atoms with Gasteiger partial charge < -0.3 is 31.9 Å². The van der Waals surface area contributed by atoms with Crippen LogP contribution in [0.25, 0.3) is 0 Å². The highest BCUT2D eigenvalue weighted by molar-refractivity contribution is 5.93. The molecule has 24 heavy (non-hydrogen) atoms. The van der Waals surface area contributed by atoms with Crippen molar-refractivity contribution in [2.75, 3.05) is 13.1 Å². The summed E-state index contributed by atoms with van der Waals surface area (Å²) in [7, 11) is 0. The van der Waals surface area contributed by atoms with E-state index in [4.69, 9.17) is 10.8 Å². The summed E-state index contributed by atoms with van der Waals surface area (Å²) in [6.07, 6.45) is -0.950. The zero-order valence-corrected chi connectivity index (χ0v) is 14.0. The Morgan fingerprint density at radius 1 is 1.04 bits per heavy atom. The molecule has 0 heterocycles. The minimum atomic E-state index is -1.35. The van der Waals surface area contributed by atoms with E-state index in [2.05, 4.69) is 16.0 Å². The van der Waals surface area contributed by atoms with E-state index in [0.717, 1.165) is 0 Å². The molecular weight excluding hydrogens is 320 g/mol. The van der Waals surface area contributed by atoms with E-state index in [1.165, 1.54) is 6.92 Å². The van der Waals surface area contributed by atoms with Crippen LogP contribution in [0.15, 0.2) is 0 Å². The SMILES string of the molecule is CC(C)CC(NC(=O)CN)C(=O)NC(C(=O)NCC(=O)O)C(C)O. The van der Waals surface area contributed by atoms with Gasteiger partial charge in [-0.3, -0.25) is 19.2 Å². The third-order valence-electron chi connectivity index (χ3n) is 3.02. The quantitative estimate of drug-likeness (QED) is 0.255. The monoisotopic (exact) mass is 346 g/mol. The number of aliphatic hydroxyl groups is 1. The lowest BCUT2D eigenvalue weighted by atomic mass is 10.0. The molecule has 0 fully saturated rings. The van der Waals surface area contributed by atoms with Gasteiger partial charge in [-0.25, -0.2) is 0 Å². The first-order valence-corrected chi connectivity index (χ1v) is 7.55. The number of rotatable bonds is 10. The molecule has 0 aliphatic heterocycles. The molecule has 3 amide bonds. The van der Waals surface area contributed by atoms with Crippen molar-refractivity contribution >= 4 is 23.7 Å². The molecule has 0 aromatic heterocycles. The maximum Gasteiger partial charge on any atom is 0.322 e. The lowest BCUT2D eigenvalue weighted by Crippen LogP contribution is -2.58. The van der Waals surface area contributed by atoms with E-state index < -0.39 is 48.4 Å². The Balaban J connectivity index is 5.00. The van der Waals surface area contributed by atoms with Gasteiger partial charge in [0.05, 0.1) is 12.6 Å². The van der Waals surface area contributed by atoms with Gasteiger partial charge in [0.2, 0.25) is 17.7 Å². The number of aliphatic hydroxyl groups excluding tert-OH is 1. The van der Waals surface area contributed by atoms with Gasteiger partial charge in [0.15, 0.2) is 0 Å². The van der Waals surface area contributed by atoms with Crippen LogP contribution < -0.4 is 21.7 Å². The van der Waals surface area contributed by atoms with Crippen LogP contribution in [0, 0.1) is 5.92 Å². The van der Waals surface area contributed by atoms with Gasteiger partial charge in [0.25, 0.3) is 0 Å². The van der Waals surface area contributed by atoms with Gasteiger partial charge in [-0.1, -0.05) is 13.8 Å². The molecule has 0 aromatic rings. The van der Waals surface area contributed by atoms with Crippen molar-refractivity contribution in [1.82, 2.24) is 16.0 Å². The molecule has 0 aliphatic carbocycles. The summed E-state index contributed by atoms with van der Waals surface area (Å²) >= 11 is 0. The molecule has 10 nitrogen and oxygen atoms in total.